The molecule has 2 aromatic rings. The molecule has 2 aromatic carbocycles. The molecule has 0 N–H and O–H groups in total. The third-order valence-electron chi connectivity index (χ3n) is 4.81. The molecule has 0 radical (unpaired) electrons. The second kappa shape index (κ2) is 21.0. The molecule has 12 nitrogen and oxygen atoms in total. The number of hydrogen-bond donors (Lipinski definition) is 0. The zero-order valence-electron chi connectivity index (χ0n) is 23.2. The van der Waals surface area contributed by atoms with E-state index in [1.807, 2.05) is 0 Å². The number of benzene rings is 2. The van der Waals surface area contributed by atoms with Crippen molar-refractivity contribution in [2.75, 3.05) is 81.3 Å². The molecule has 0 amide bonds. The molecule has 0 aliphatic carbocycles. The molecule has 0 heterocycles. The van der Waals surface area contributed by atoms with Crippen molar-refractivity contribution in [2.24, 2.45) is 0 Å². The first-order chi connectivity index (χ1) is 19.4. The van der Waals surface area contributed by atoms with Crippen molar-refractivity contribution in [1.29, 1.82) is 0 Å². The molecule has 0 spiro atoms. The van der Waals surface area contributed by atoms with Gasteiger partial charge in [0.25, 0.3) is 0 Å². The lowest BCUT2D eigenvalue weighted by Gasteiger charge is -2.09. The number of rotatable bonds is 16. The summed E-state index contributed by atoms with van der Waals surface area (Å²) < 4.78 is 39.0. The quantitative estimate of drug-likeness (QED) is 0.168. The molecule has 0 saturated carbocycles. The Bertz CT molecular complexity index is 954. The van der Waals surface area contributed by atoms with Gasteiger partial charge in [-0.2, -0.15) is 0 Å². The highest BCUT2D eigenvalue weighted by Crippen LogP contribution is 2.12. The number of carbonyl (C=O) groups is 4. The van der Waals surface area contributed by atoms with Gasteiger partial charge < -0.3 is 37.9 Å². The maximum Gasteiger partial charge on any atom is 0.339 e. The first kappa shape index (κ1) is 34.2. The molecule has 0 bridgehead atoms. The maximum absolute atomic E-state index is 11.9. The summed E-state index contributed by atoms with van der Waals surface area (Å²) in [6.45, 7) is 1.92. The average molecular weight is 565 g/mol. The van der Waals surface area contributed by atoms with Gasteiger partial charge in [0.15, 0.2) is 0 Å². The van der Waals surface area contributed by atoms with Crippen molar-refractivity contribution >= 4 is 23.9 Å². The molecule has 0 unspecified atom stereocenters. The lowest BCUT2D eigenvalue weighted by atomic mass is 10.1. The summed E-state index contributed by atoms with van der Waals surface area (Å²) in [6, 6.07) is 12.4. The van der Waals surface area contributed by atoms with Gasteiger partial charge in [0.2, 0.25) is 0 Å². The predicted molar refractivity (Wildman–Crippen MR) is 142 cm³/mol. The lowest BCUT2D eigenvalue weighted by molar-refractivity contribution is 0.0345. The SMILES string of the molecule is COCCOC(=O)c1ccc(C(=O)OCCOC)cc1.COCCOC(=O)c1ccccc1C(=O)OCCOC. The van der Waals surface area contributed by atoms with Gasteiger partial charge in [-0.15, -0.1) is 0 Å². The number of carbonyl (C=O) groups excluding carboxylic acids is 4. The standard InChI is InChI=1S/2C14H18O6/c1-17-7-9-19-13(15)11-3-5-12(6-4-11)14(16)20-10-8-18-2;1-17-7-9-19-13(15)11-5-3-4-6-12(11)14(16)20-10-8-18-2/h2*3-6H,7-10H2,1-2H3. The molecule has 0 fully saturated rings. The van der Waals surface area contributed by atoms with Gasteiger partial charge >= 0.3 is 23.9 Å². The molecule has 0 aliphatic rings. The van der Waals surface area contributed by atoms with Crippen molar-refractivity contribution in [3.63, 3.8) is 0 Å². The minimum atomic E-state index is -0.582. The van der Waals surface area contributed by atoms with E-state index in [0.717, 1.165) is 0 Å². The second-order valence-corrected chi connectivity index (χ2v) is 7.64. The van der Waals surface area contributed by atoms with Crippen LogP contribution in [-0.4, -0.2) is 105 Å². The van der Waals surface area contributed by atoms with E-state index < -0.39 is 23.9 Å². The molecule has 0 aliphatic heterocycles. The van der Waals surface area contributed by atoms with E-state index in [0.29, 0.717) is 37.6 Å². The van der Waals surface area contributed by atoms with Crippen molar-refractivity contribution in [3.05, 3.63) is 70.8 Å². The van der Waals surface area contributed by atoms with Crippen LogP contribution in [0.5, 0.6) is 0 Å². The third kappa shape index (κ3) is 13.3. The van der Waals surface area contributed by atoms with Gasteiger partial charge in [-0.05, 0) is 36.4 Å². The number of esters is 4. The predicted octanol–water partition coefficient (Wildman–Crippen LogP) is 2.59. The molecule has 12 heteroatoms. The van der Waals surface area contributed by atoms with Gasteiger partial charge in [-0.3, -0.25) is 0 Å². The van der Waals surface area contributed by atoms with E-state index in [4.69, 9.17) is 37.9 Å². The Morgan fingerprint density at radius 2 is 0.700 bits per heavy atom. The Hall–Kier alpha value is -3.84. The largest absolute Gasteiger partial charge is 0.460 e. The average Bonchev–Trinajstić information content (AvgIpc) is 2.98. The van der Waals surface area contributed by atoms with Crippen LogP contribution in [0.4, 0.5) is 0 Å². The first-order valence-electron chi connectivity index (χ1n) is 12.2. The van der Waals surface area contributed by atoms with Crippen LogP contribution in [0.15, 0.2) is 48.5 Å². The normalized spacial score (nSPS) is 10.1. The molecule has 0 atom stereocenters. The van der Waals surface area contributed by atoms with Crippen LogP contribution in [0.2, 0.25) is 0 Å². The van der Waals surface area contributed by atoms with Gasteiger partial charge in [-0.25, -0.2) is 19.2 Å². The van der Waals surface area contributed by atoms with Crippen molar-refractivity contribution < 1.29 is 57.1 Å². The minimum Gasteiger partial charge on any atom is -0.460 e. The van der Waals surface area contributed by atoms with Crippen molar-refractivity contribution in [1.82, 2.24) is 0 Å². The van der Waals surface area contributed by atoms with Crippen molar-refractivity contribution in [3.8, 4) is 0 Å². The molecular weight excluding hydrogens is 528 g/mol. The summed E-state index contributed by atoms with van der Waals surface area (Å²) in [7, 11) is 6.07. The molecule has 40 heavy (non-hydrogen) atoms. The Morgan fingerprint density at radius 3 is 0.975 bits per heavy atom. The first-order valence-corrected chi connectivity index (χ1v) is 12.2. The van der Waals surface area contributed by atoms with E-state index >= 15 is 0 Å². The number of methoxy groups -OCH3 is 4. The summed E-state index contributed by atoms with van der Waals surface area (Å²) in [6.07, 6.45) is 0. The van der Waals surface area contributed by atoms with Crippen LogP contribution in [0.25, 0.3) is 0 Å². The summed E-state index contributed by atoms with van der Waals surface area (Å²) >= 11 is 0. The van der Waals surface area contributed by atoms with Crippen LogP contribution >= 0.6 is 0 Å². The highest BCUT2D eigenvalue weighted by atomic mass is 16.6. The summed E-state index contributed by atoms with van der Waals surface area (Å²) in [4.78, 5) is 46.9. The third-order valence-corrected chi connectivity index (χ3v) is 4.81. The van der Waals surface area contributed by atoms with E-state index in [-0.39, 0.29) is 37.6 Å². The van der Waals surface area contributed by atoms with E-state index in [1.165, 1.54) is 64.8 Å². The molecular formula is C28H36O12. The Balaban J connectivity index is 0.000000400. The molecule has 220 valence electrons. The summed E-state index contributed by atoms with van der Waals surface area (Å²) in [5.41, 5.74) is 1.08. The van der Waals surface area contributed by atoms with Gasteiger partial charge in [0.1, 0.15) is 26.4 Å². The van der Waals surface area contributed by atoms with E-state index in [2.05, 4.69) is 0 Å². The Labute approximate surface area is 233 Å². The van der Waals surface area contributed by atoms with Gasteiger partial charge in [0, 0.05) is 28.4 Å². The maximum atomic E-state index is 11.9. The van der Waals surface area contributed by atoms with Crippen molar-refractivity contribution in [2.45, 2.75) is 0 Å². The fourth-order valence-corrected chi connectivity index (χ4v) is 2.77. The van der Waals surface area contributed by atoms with Crippen LogP contribution in [0, 0.1) is 0 Å². The zero-order valence-corrected chi connectivity index (χ0v) is 23.2. The van der Waals surface area contributed by atoms with Gasteiger partial charge in [0.05, 0.1) is 48.7 Å². The van der Waals surface area contributed by atoms with E-state index in [9.17, 15) is 19.2 Å². The number of ether oxygens (including phenoxy) is 8. The van der Waals surface area contributed by atoms with E-state index in [1.54, 1.807) is 12.1 Å². The smallest absolute Gasteiger partial charge is 0.339 e. The monoisotopic (exact) mass is 564 g/mol. The zero-order chi connectivity index (χ0) is 29.6. The second-order valence-electron chi connectivity index (χ2n) is 7.64. The fraction of sp³-hybridized carbons (Fsp3) is 0.429. The molecule has 0 saturated heterocycles. The fourth-order valence-electron chi connectivity index (χ4n) is 2.77. The number of hydrogen-bond acceptors (Lipinski definition) is 12. The highest BCUT2D eigenvalue weighted by Gasteiger charge is 2.18. The molecule has 0 aromatic heterocycles. The molecule has 2 rings (SSSR count). The Morgan fingerprint density at radius 1 is 0.425 bits per heavy atom. The van der Waals surface area contributed by atoms with Crippen LogP contribution in [0.1, 0.15) is 41.4 Å². The van der Waals surface area contributed by atoms with Crippen LogP contribution in [-0.2, 0) is 37.9 Å². The van der Waals surface area contributed by atoms with Crippen LogP contribution in [0.3, 0.4) is 0 Å². The highest BCUT2D eigenvalue weighted by molar-refractivity contribution is 6.03. The van der Waals surface area contributed by atoms with Gasteiger partial charge in [-0.1, -0.05) is 12.1 Å². The van der Waals surface area contributed by atoms with Crippen LogP contribution < -0.4 is 0 Å². The Kier molecular flexibility index (Phi) is 18.0. The summed E-state index contributed by atoms with van der Waals surface area (Å²) in [5.74, 6) is -2.08. The lowest BCUT2D eigenvalue weighted by Crippen LogP contribution is -2.17. The minimum absolute atomic E-state index is 0.127. The summed E-state index contributed by atoms with van der Waals surface area (Å²) in [5, 5.41) is 0. The topological polar surface area (TPSA) is 142 Å².